The van der Waals surface area contributed by atoms with E-state index in [1.165, 1.54) is 0 Å². The van der Waals surface area contributed by atoms with Gasteiger partial charge < -0.3 is 25.4 Å². The van der Waals surface area contributed by atoms with Crippen molar-refractivity contribution >= 4 is 23.4 Å². The molecule has 1 fully saturated rings. The van der Waals surface area contributed by atoms with Crippen LogP contribution in [0.5, 0.6) is 11.5 Å². The number of fused-ring (bicyclic) bond motifs is 1. The quantitative estimate of drug-likeness (QED) is 0.255. The zero-order valence-electron chi connectivity index (χ0n) is 21.7. The average Bonchev–Trinajstić information content (AvgIpc) is 3.52. The summed E-state index contributed by atoms with van der Waals surface area (Å²) < 4.78 is 67.6. The number of carbonyl (C=O) groups is 2. The predicted molar refractivity (Wildman–Crippen MR) is 143 cm³/mol. The first-order chi connectivity index (χ1) is 19.6. The molecular formula is C29H26ClF4N3O4. The lowest BCUT2D eigenvalue weighted by Crippen LogP contribution is -2.44. The molecule has 216 valence electrons. The Hall–Kier alpha value is -3.83. The molecule has 0 radical (unpaired) electrons. The molecule has 0 aromatic heterocycles. The van der Waals surface area contributed by atoms with Crippen molar-refractivity contribution in [1.82, 2.24) is 10.2 Å². The molecule has 1 saturated heterocycles. The molecule has 3 aromatic rings. The van der Waals surface area contributed by atoms with E-state index in [9.17, 15) is 18.4 Å². The van der Waals surface area contributed by atoms with Crippen molar-refractivity contribution in [3.05, 3.63) is 81.9 Å². The van der Waals surface area contributed by atoms with Crippen LogP contribution in [0.15, 0.2) is 48.5 Å². The van der Waals surface area contributed by atoms with Crippen molar-refractivity contribution in [2.24, 2.45) is 5.73 Å². The lowest BCUT2D eigenvalue weighted by Gasteiger charge is -2.30. The zero-order chi connectivity index (χ0) is 29.3. The Kier molecular flexibility index (Phi) is 8.10. The van der Waals surface area contributed by atoms with Crippen LogP contribution in [-0.2, 0) is 16.8 Å². The van der Waals surface area contributed by atoms with Gasteiger partial charge in [0.1, 0.15) is 11.6 Å². The normalized spacial score (nSPS) is 18.1. The van der Waals surface area contributed by atoms with Gasteiger partial charge in [-0.25, -0.2) is 8.78 Å². The fraction of sp³-hybridized carbons (Fsp3) is 0.310. The number of likely N-dealkylation sites (tertiary alicyclic amines) is 1. The summed E-state index contributed by atoms with van der Waals surface area (Å²) in [7, 11) is 0. The van der Waals surface area contributed by atoms with Gasteiger partial charge in [-0.1, -0.05) is 41.9 Å². The topological polar surface area (TPSA) is 93.9 Å². The Morgan fingerprint density at radius 1 is 1.17 bits per heavy atom. The smallest absolute Gasteiger partial charge is 0.387 e. The molecule has 2 amide bonds. The summed E-state index contributed by atoms with van der Waals surface area (Å²) in [6.07, 6.45) is 1.39. The molecule has 12 heteroatoms. The maximum atomic E-state index is 15.7. The number of hydrogen-bond donors (Lipinski definition) is 2. The number of ether oxygens (including phenoxy) is 2. The van der Waals surface area contributed by atoms with E-state index in [-0.39, 0.29) is 35.7 Å². The van der Waals surface area contributed by atoms with Crippen LogP contribution in [0.25, 0.3) is 11.1 Å². The van der Waals surface area contributed by atoms with Gasteiger partial charge in [0.05, 0.1) is 10.6 Å². The molecule has 7 nitrogen and oxygen atoms in total. The number of halogens is 5. The maximum absolute atomic E-state index is 15.7. The van der Waals surface area contributed by atoms with Gasteiger partial charge in [-0.3, -0.25) is 9.59 Å². The first-order valence-corrected chi connectivity index (χ1v) is 13.3. The van der Waals surface area contributed by atoms with Gasteiger partial charge in [0.2, 0.25) is 11.8 Å². The molecule has 2 aliphatic rings. The second-order valence-electron chi connectivity index (χ2n) is 9.87. The highest BCUT2D eigenvalue weighted by Gasteiger charge is 2.44. The van der Waals surface area contributed by atoms with Gasteiger partial charge in [0.15, 0.2) is 17.2 Å². The van der Waals surface area contributed by atoms with Gasteiger partial charge >= 0.3 is 6.61 Å². The van der Waals surface area contributed by atoms with Crippen molar-refractivity contribution in [3.63, 3.8) is 0 Å². The van der Waals surface area contributed by atoms with Gasteiger partial charge in [0.25, 0.3) is 0 Å². The van der Waals surface area contributed by atoms with Gasteiger partial charge in [-0.2, -0.15) is 8.78 Å². The highest BCUT2D eigenvalue weighted by molar-refractivity contribution is 6.34. The molecule has 0 spiro atoms. The Labute approximate surface area is 238 Å². The largest absolute Gasteiger partial charge is 0.480 e. The van der Waals surface area contributed by atoms with E-state index >= 15 is 8.78 Å². The number of hydrogen-bond acceptors (Lipinski definition) is 5. The number of nitrogens with two attached hydrogens (primary N) is 1. The van der Waals surface area contributed by atoms with E-state index in [0.717, 1.165) is 24.6 Å². The third-order valence-corrected chi connectivity index (χ3v) is 7.70. The third kappa shape index (κ3) is 5.56. The van der Waals surface area contributed by atoms with Crippen molar-refractivity contribution < 1.29 is 36.6 Å². The summed E-state index contributed by atoms with van der Waals surface area (Å²) in [5, 5.41) is 2.78. The fourth-order valence-electron chi connectivity index (χ4n) is 5.44. The molecule has 0 bridgehead atoms. The summed E-state index contributed by atoms with van der Waals surface area (Å²) >= 11 is 6.38. The molecule has 2 heterocycles. The maximum Gasteiger partial charge on any atom is 0.387 e. The Balaban J connectivity index is 1.57. The molecule has 3 N–H and O–H groups in total. The summed E-state index contributed by atoms with van der Waals surface area (Å²) in [6, 6.07) is 12.0. The van der Waals surface area contributed by atoms with Crippen LogP contribution in [0, 0.1) is 11.6 Å². The van der Waals surface area contributed by atoms with Crippen LogP contribution in [0.4, 0.5) is 17.6 Å². The SMILES string of the molecule is NC(=O)c1ccc(OC(F)F)c(F)c1-c1c(Cl)c(F)cc2c1CC(CNCCN1CCCC1=O)(c1ccccc1)O2. The first-order valence-electron chi connectivity index (χ1n) is 12.9. The molecule has 1 unspecified atom stereocenters. The van der Waals surface area contributed by atoms with E-state index in [1.54, 1.807) is 17.0 Å². The molecule has 41 heavy (non-hydrogen) atoms. The zero-order valence-corrected chi connectivity index (χ0v) is 22.4. The van der Waals surface area contributed by atoms with Gasteiger partial charge in [-0.15, -0.1) is 0 Å². The monoisotopic (exact) mass is 591 g/mol. The van der Waals surface area contributed by atoms with Crippen LogP contribution in [0.1, 0.15) is 34.3 Å². The van der Waals surface area contributed by atoms with Crippen LogP contribution < -0.4 is 20.5 Å². The number of primary amides is 1. The highest BCUT2D eigenvalue weighted by atomic mass is 35.5. The molecule has 2 aliphatic heterocycles. The Morgan fingerprint density at radius 2 is 1.93 bits per heavy atom. The minimum absolute atomic E-state index is 0.0391. The Bertz CT molecular complexity index is 1490. The number of nitrogens with zero attached hydrogens (tertiary/aromatic N) is 1. The van der Waals surface area contributed by atoms with Gasteiger partial charge in [-0.05, 0) is 24.1 Å². The standard InChI is InChI=1S/C29H26ClF4N3O4/c30-25-19(31)13-21-18(23(25)24-17(27(35)39)8-9-20(26(24)32)40-28(33)34)14-29(41-21,16-5-2-1-3-6-16)15-36-10-12-37-11-4-7-22(37)38/h1-3,5-6,8-9,13,28,36H,4,7,10-12,14-15H2,(H2,35,39). The molecule has 0 aliphatic carbocycles. The summed E-state index contributed by atoms with van der Waals surface area (Å²) in [5.74, 6) is -4.13. The van der Waals surface area contributed by atoms with Gasteiger partial charge in [0, 0.05) is 61.8 Å². The number of carbonyl (C=O) groups excluding carboxylic acids is 2. The van der Waals surface area contributed by atoms with E-state index in [1.807, 2.05) is 18.2 Å². The summed E-state index contributed by atoms with van der Waals surface area (Å²) in [4.78, 5) is 26.1. The fourth-order valence-corrected chi connectivity index (χ4v) is 5.71. The number of rotatable bonds is 10. The minimum Gasteiger partial charge on any atom is -0.480 e. The molecular weight excluding hydrogens is 566 g/mol. The number of benzene rings is 3. The predicted octanol–water partition coefficient (Wildman–Crippen LogP) is 5.03. The van der Waals surface area contributed by atoms with Crippen molar-refractivity contribution in [2.45, 2.75) is 31.5 Å². The van der Waals surface area contributed by atoms with E-state index in [0.29, 0.717) is 31.6 Å². The second kappa shape index (κ2) is 11.6. The lowest BCUT2D eigenvalue weighted by atomic mass is 9.85. The Morgan fingerprint density at radius 3 is 2.59 bits per heavy atom. The highest BCUT2D eigenvalue weighted by Crippen LogP contribution is 2.50. The van der Waals surface area contributed by atoms with Crippen LogP contribution in [0.3, 0.4) is 0 Å². The minimum atomic E-state index is -3.36. The summed E-state index contributed by atoms with van der Waals surface area (Å²) in [5.41, 5.74) is 4.14. The van der Waals surface area contributed by atoms with Crippen LogP contribution in [-0.4, -0.2) is 49.5 Å². The average molecular weight is 592 g/mol. The number of alkyl halides is 2. The van der Waals surface area contributed by atoms with E-state index < -0.39 is 51.7 Å². The molecule has 1 atom stereocenters. The second-order valence-corrected chi connectivity index (χ2v) is 10.2. The first kappa shape index (κ1) is 28.7. The number of nitrogens with one attached hydrogen (secondary N) is 1. The van der Waals surface area contributed by atoms with Crippen LogP contribution >= 0.6 is 11.6 Å². The van der Waals surface area contributed by atoms with Crippen molar-refractivity contribution in [2.75, 3.05) is 26.2 Å². The lowest BCUT2D eigenvalue weighted by molar-refractivity contribution is -0.127. The van der Waals surface area contributed by atoms with E-state index in [2.05, 4.69) is 10.1 Å². The van der Waals surface area contributed by atoms with E-state index in [4.69, 9.17) is 22.1 Å². The summed E-state index contributed by atoms with van der Waals surface area (Å²) in [6.45, 7) is -1.51. The van der Waals surface area contributed by atoms with Crippen molar-refractivity contribution in [1.29, 1.82) is 0 Å². The van der Waals surface area contributed by atoms with Crippen LogP contribution in [0.2, 0.25) is 5.02 Å². The third-order valence-electron chi connectivity index (χ3n) is 7.33. The molecule has 3 aromatic carbocycles. The molecule has 0 saturated carbocycles. The van der Waals surface area contributed by atoms with Crippen molar-refractivity contribution in [3.8, 4) is 22.6 Å². The molecule has 5 rings (SSSR count). The number of amides is 2.